The van der Waals surface area contributed by atoms with Crippen LogP contribution in [0.15, 0.2) is 183 Å². The second kappa shape index (κ2) is 19.9. The Hall–Kier alpha value is -7.98. The van der Waals surface area contributed by atoms with Gasteiger partial charge in [0.1, 0.15) is 0 Å². The highest BCUT2D eigenvalue weighted by Gasteiger charge is 2.11. The van der Waals surface area contributed by atoms with Crippen LogP contribution in [0.4, 0.5) is 0 Å². The predicted octanol–water partition coefficient (Wildman–Crippen LogP) is 12.4. The maximum absolute atomic E-state index is 4.29. The van der Waals surface area contributed by atoms with Crippen LogP contribution in [0.25, 0.3) is 90.3 Å². The standard InChI is InChI=1S/C24H18N4.C22H16N6.2C2H6/c1-2-19(23-6-4-21(27-23)17-8-12-25-13-9-17)16-20(3-1)24-7-5-22(28-24)18-10-14-26-15-11-18;1-4-15(17-11-19(27-13-17)21-23-6-2-7-24-21)10-16(5-1)18-12-20(28-14-18)22-25-8-3-9-26-22;2*1-2/h1-16,27-28H;1-14,27-28H;2*1-2H3. The number of nitrogens with one attached hydrogen (secondary N) is 4. The summed E-state index contributed by atoms with van der Waals surface area (Å²) >= 11 is 0. The van der Waals surface area contributed by atoms with E-state index in [4.69, 9.17) is 0 Å². The van der Waals surface area contributed by atoms with Crippen LogP contribution in [0.3, 0.4) is 0 Å². The van der Waals surface area contributed by atoms with Gasteiger partial charge in [0.05, 0.1) is 11.4 Å². The molecule has 0 amide bonds. The van der Waals surface area contributed by atoms with Crippen LogP contribution in [0.2, 0.25) is 0 Å². The van der Waals surface area contributed by atoms with Crippen molar-refractivity contribution in [3.8, 4) is 90.3 Å². The lowest BCUT2D eigenvalue weighted by Crippen LogP contribution is -1.85. The van der Waals surface area contributed by atoms with Crippen molar-refractivity contribution < 1.29 is 0 Å². The van der Waals surface area contributed by atoms with E-state index in [1.165, 1.54) is 0 Å². The third-order valence-corrected chi connectivity index (χ3v) is 9.35. The van der Waals surface area contributed by atoms with Gasteiger partial charge in [0.25, 0.3) is 0 Å². The first-order chi connectivity index (χ1) is 29.7. The first-order valence-corrected chi connectivity index (χ1v) is 20.1. The summed E-state index contributed by atoms with van der Waals surface area (Å²) < 4.78 is 0. The van der Waals surface area contributed by atoms with Crippen LogP contribution in [0.1, 0.15) is 27.7 Å². The summed E-state index contributed by atoms with van der Waals surface area (Å²) in [5.41, 5.74) is 15.1. The van der Waals surface area contributed by atoms with Gasteiger partial charge in [-0.1, -0.05) is 64.1 Å². The van der Waals surface area contributed by atoms with Gasteiger partial charge in [-0.3, -0.25) is 9.97 Å². The molecule has 10 nitrogen and oxygen atoms in total. The van der Waals surface area contributed by atoms with Crippen LogP contribution >= 0.6 is 0 Å². The Morgan fingerprint density at radius 1 is 0.300 bits per heavy atom. The molecule has 0 bridgehead atoms. The van der Waals surface area contributed by atoms with Crippen molar-refractivity contribution in [3.05, 3.63) is 183 Å². The molecule has 10 rings (SSSR count). The molecule has 0 radical (unpaired) electrons. The van der Waals surface area contributed by atoms with Crippen LogP contribution in [-0.4, -0.2) is 49.8 Å². The van der Waals surface area contributed by atoms with Crippen LogP contribution in [0.5, 0.6) is 0 Å². The number of aromatic nitrogens is 10. The zero-order valence-corrected chi connectivity index (χ0v) is 34.0. The lowest BCUT2D eigenvalue weighted by molar-refractivity contribution is 1.15. The first kappa shape index (κ1) is 40.2. The quantitative estimate of drug-likeness (QED) is 0.121. The Balaban J connectivity index is 0.000000168. The molecule has 0 atom stereocenters. The molecule has 0 spiro atoms. The fraction of sp³-hybridized carbons (Fsp3) is 0.0800. The van der Waals surface area contributed by atoms with Crippen LogP contribution in [-0.2, 0) is 0 Å². The van der Waals surface area contributed by atoms with E-state index in [-0.39, 0.29) is 0 Å². The number of pyridine rings is 2. The summed E-state index contributed by atoms with van der Waals surface area (Å²) in [6.07, 6.45) is 18.1. The van der Waals surface area contributed by atoms with Crippen molar-refractivity contribution in [2.24, 2.45) is 0 Å². The van der Waals surface area contributed by atoms with Crippen LogP contribution < -0.4 is 0 Å². The zero-order valence-electron chi connectivity index (χ0n) is 34.0. The minimum atomic E-state index is 0.683. The summed E-state index contributed by atoms with van der Waals surface area (Å²) in [4.78, 5) is 38.9. The summed E-state index contributed by atoms with van der Waals surface area (Å²) in [7, 11) is 0. The van der Waals surface area contributed by atoms with Gasteiger partial charge in [-0.25, -0.2) is 19.9 Å². The predicted molar refractivity (Wildman–Crippen MR) is 243 cm³/mol. The molecule has 0 aliphatic rings. The minimum absolute atomic E-state index is 0.683. The lowest BCUT2D eigenvalue weighted by atomic mass is 10.0. The number of hydrogen-bond donors (Lipinski definition) is 4. The molecule has 4 N–H and O–H groups in total. The molecule has 0 saturated carbocycles. The summed E-state index contributed by atoms with van der Waals surface area (Å²) in [5.74, 6) is 1.37. The first-order valence-electron chi connectivity index (χ1n) is 20.1. The molecular formula is C50H46N10. The van der Waals surface area contributed by atoms with E-state index < -0.39 is 0 Å². The van der Waals surface area contributed by atoms with E-state index in [1.807, 2.05) is 101 Å². The van der Waals surface area contributed by atoms with Crippen molar-refractivity contribution >= 4 is 0 Å². The Morgan fingerprint density at radius 2 is 0.650 bits per heavy atom. The van der Waals surface area contributed by atoms with E-state index >= 15 is 0 Å². The highest BCUT2D eigenvalue weighted by molar-refractivity contribution is 5.77. The molecular weight excluding hydrogens is 741 g/mol. The van der Waals surface area contributed by atoms with Gasteiger partial charge >= 0.3 is 0 Å². The topological polar surface area (TPSA) is 140 Å². The second-order valence-corrected chi connectivity index (χ2v) is 13.0. The molecule has 10 heteroatoms. The summed E-state index contributed by atoms with van der Waals surface area (Å²) in [6, 6.07) is 41.2. The SMILES string of the molecule is CC.CC.c1cc(-c2ccc(-c3ccncc3)[nH]2)cc(-c2ccc(-c3ccncc3)[nH]2)c1.c1cnc(-c2cc(-c3cccc(-c4c[nH]c(-c5ncccn5)c4)c3)c[nH]2)nc1. The van der Waals surface area contributed by atoms with E-state index in [9.17, 15) is 0 Å². The Morgan fingerprint density at radius 3 is 1.05 bits per heavy atom. The van der Waals surface area contributed by atoms with Crippen molar-refractivity contribution in [2.75, 3.05) is 0 Å². The number of aromatic amines is 4. The highest BCUT2D eigenvalue weighted by atomic mass is 14.9. The van der Waals surface area contributed by atoms with Gasteiger partial charge in [-0.15, -0.1) is 0 Å². The maximum Gasteiger partial charge on any atom is 0.175 e. The fourth-order valence-electron chi connectivity index (χ4n) is 6.52. The Bertz CT molecular complexity index is 2420. The normalized spacial score (nSPS) is 10.3. The Labute approximate surface area is 350 Å². The minimum Gasteiger partial charge on any atom is -0.358 e. The maximum atomic E-state index is 4.29. The molecule has 0 aliphatic carbocycles. The van der Waals surface area contributed by atoms with Gasteiger partial charge < -0.3 is 19.9 Å². The van der Waals surface area contributed by atoms with Crippen molar-refractivity contribution in [2.45, 2.75) is 27.7 Å². The molecule has 0 saturated heterocycles. The molecule has 60 heavy (non-hydrogen) atoms. The number of hydrogen-bond acceptors (Lipinski definition) is 6. The zero-order chi connectivity index (χ0) is 41.5. The van der Waals surface area contributed by atoms with Gasteiger partial charge in [0.15, 0.2) is 11.6 Å². The monoisotopic (exact) mass is 786 g/mol. The summed E-state index contributed by atoms with van der Waals surface area (Å²) in [5, 5.41) is 0. The molecule has 0 unspecified atom stereocenters. The number of H-pyrrole nitrogens is 4. The largest absolute Gasteiger partial charge is 0.358 e. The average molecular weight is 787 g/mol. The molecule has 8 aromatic heterocycles. The molecule has 0 aliphatic heterocycles. The Kier molecular flexibility index (Phi) is 13.4. The fourth-order valence-corrected chi connectivity index (χ4v) is 6.52. The highest BCUT2D eigenvalue weighted by Crippen LogP contribution is 2.31. The van der Waals surface area contributed by atoms with E-state index in [2.05, 4.69) is 135 Å². The van der Waals surface area contributed by atoms with Crippen molar-refractivity contribution in [1.82, 2.24) is 49.8 Å². The average Bonchev–Trinajstić information content (AvgIpc) is 4.20. The number of rotatable bonds is 8. The van der Waals surface area contributed by atoms with Gasteiger partial charge in [0.2, 0.25) is 0 Å². The van der Waals surface area contributed by atoms with Crippen LogP contribution in [0, 0.1) is 0 Å². The molecule has 8 heterocycles. The number of benzene rings is 2. The van der Waals surface area contributed by atoms with E-state index in [0.29, 0.717) is 11.6 Å². The molecule has 0 fully saturated rings. The lowest BCUT2D eigenvalue weighted by Gasteiger charge is -2.04. The van der Waals surface area contributed by atoms with Gasteiger partial charge in [-0.2, -0.15) is 0 Å². The smallest absolute Gasteiger partial charge is 0.175 e. The summed E-state index contributed by atoms with van der Waals surface area (Å²) in [6.45, 7) is 8.00. The van der Waals surface area contributed by atoms with E-state index in [1.54, 1.807) is 24.8 Å². The second-order valence-electron chi connectivity index (χ2n) is 13.0. The van der Waals surface area contributed by atoms with Crippen molar-refractivity contribution in [1.29, 1.82) is 0 Å². The van der Waals surface area contributed by atoms with Crippen molar-refractivity contribution in [3.63, 3.8) is 0 Å². The van der Waals surface area contributed by atoms with Gasteiger partial charge in [0, 0.05) is 95.9 Å². The molecule has 10 aromatic rings. The molecule has 2 aromatic carbocycles. The third-order valence-electron chi connectivity index (χ3n) is 9.35. The van der Waals surface area contributed by atoms with Gasteiger partial charge in [-0.05, 0) is 118 Å². The third kappa shape index (κ3) is 9.58. The molecule has 296 valence electrons. The number of nitrogens with zero attached hydrogens (tertiary/aromatic N) is 6. The van der Waals surface area contributed by atoms with E-state index in [0.717, 1.165) is 78.7 Å².